The summed E-state index contributed by atoms with van der Waals surface area (Å²) in [6, 6.07) is 9.63. The number of anilines is 1. The normalized spacial score (nSPS) is 18.3. The Hall–Kier alpha value is -2.32. The van der Waals surface area contributed by atoms with E-state index in [1.165, 1.54) is 6.07 Å². The SMILES string of the molecule is C[C@H]1CCCC=C1NN=C([O-])c1ccccc1NS(=O)(=O)c1cccs1. The van der Waals surface area contributed by atoms with Crippen molar-refractivity contribution < 1.29 is 13.5 Å². The fourth-order valence-corrected chi connectivity index (χ4v) is 4.81. The summed E-state index contributed by atoms with van der Waals surface area (Å²) in [5.41, 5.74) is 4.19. The zero-order chi connectivity index (χ0) is 18.6. The molecule has 0 fully saturated rings. The van der Waals surface area contributed by atoms with Crippen molar-refractivity contribution in [3.05, 3.63) is 59.1 Å². The molecule has 1 aromatic heterocycles. The van der Waals surface area contributed by atoms with Crippen LogP contribution in [0.1, 0.15) is 31.7 Å². The van der Waals surface area contributed by atoms with E-state index in [4.69, 9.17) is 0 Å². The van der Waals surface area contributed by atoms with E-state index in [0.29, 0.717) is 5.92 Å². The Morgan fingerprint density at radius 1 is 1.27 bits per heavy atom. The number of hydrogen-bond donors (Lipinski definition) is 2. The first-order valence-corrected chi connectivity index (χ1v) is 10.7. The zero-order valence-electron chi connectivity index (χ0n) is 14.3. The van der Waals surface area contributed by atoms with Crippen LogP contribution in [0.15, 0.2) is 62.9 Å². The lowest BCUT2D eigenvalue weighted by Gasteiger charge is -2.22. The monoisotopic (exact) mass is 390 g/mol. The summed E-state index contributed by atoms with van der Waals surface area (Å²) in [4.78, 5) is 0. The van der Waals surface area contributed by atoms with Crippen molar-refractivity contribution in [2.45, 2.75) is 30.4 Å². The van der Waals surface area contributed by atoms with Crippen molar-refractivity contribution in [1.29, 1.82) is 0 Å². The lowest BCUT2D eigenvalue weighted by Crippen LogP contribution is -2.26. The number of thiophene rings is 1. The van der Waals surface area contributed by atoms with Gasteiger partial charge in [-0.05, 0) is 42.7 Å². The van der Waals surface area contributed by atoms with E-state index in [-0.39, 0.29) is 15.5 Å². The fourth-order valence-electron chi connectivity index (χ4n) is 2.74. The van der Waals surface area contributed by atoms with Gasteiger partial charge in [0.25, 0.3) is 10.0 Å². The van der Waals surface area contributed by atoms with Gasteiger partial charge in [-0.25, -0.2) is 8.42 Å². The maximum absolute atomic E-state index is 12.5. The fraction of sp³-hybridized carbons (Fsp3) is 0.278. The van der Waals surface area contributed by atoms with Gasteiger partial charge in [0.15, 0.2) is 0 Å². The Balaban J connectivity index is 1.82. The third-order valence-electron chi connectivity index (χ3n) is 4.18. The number of sulfonamides is 1. The molecule has 0 amide bonds. The van der Waals surface area contributed by atoms with E-state index in [1.807, 2.05) is 0 Å². The third kappa shape index (κ3) is 4.25. The first-order chi connectivity index (χ1) is 12.5. The van der Waals surface area contributed by atoms with Crippen LogP contribution < -0.4 is 15.3 Å². The van der Waals surface area contributed by atoms with Crippen molar-refractivity contribution in [1.82, 2.24) is 5.43 Å². The molecular weight excluding hydrogens is 370 g/mol. The molecule has 0 unspecified atom stereocenters. The summed E-state index contributed by atoms with van der Waals surface area (Å²) in [6.45, 7) is 2.08. The van der Waals surface area contributed by atoms with Crippen molar-refractivity contribution in [3.8, 4) is 0 Å². The van der Waals surface area contributed by atoms with Gasteiger partial charge in [0.2, 0.25) is 0 Å². The Labute approximate surface area is 157 Å². The molecule has 1 aliphatic carbocycles. The minimum absolute atomic E-state index is 0.191. The number of hydrazone groups is 1. The molecule has 0 radical (unpaired) electrons. The first-order valence-electron chi connectivity index (χ1n) is 8.34. The molecule has 6 nitrogen and oxygen atoms in total. The zero-order valence-corrected chi connectivity index (χ0v) is 15.9. The van der Waals surface area contributed by atoms with Gasteiger partial charge < -0.3 is 5.11 Å². The first kappa shape index (κ1) is 18.5. The molecule has 0 spiro atoms. The summed E-state index contributed by atoms with van der Waals surface area (Å²) in [5, 5.41) is 18.1. The van der Waals surface area contributed by atoms with Crippen molar-refractivity contribution in [3.63, 3.8) is 0 Å². The van der Waals surface area contributed by atoms with Crippen LogP contribution in [0.4, 0.5) is 5.69 Å². The van der Waals surface area contributed by atoms with E-state index in [0.717, 1.165) is 36.3 Å². The highest BCUT2D eigenvalue weighted by Gasteiger charge is 2.17. The minimum Gasteiger partial charge on any atom is -0.857 e. The second kappa shape index (κ2) is 7.92. The lowest BCUT2D eigenvalue weighted by atomic mass is 9.94. The van der Waals surface area contributed by atoms with Crippen LogP contribution in [0, 0.1) is 5.92 Å². The second-order valence-electron chi connectivity index (χ2n) is 6.10. The van der Waals surface area contributed by atoms with Gasteiger partial charge in [-0.1, -0.05) is 37.3 Å². The summed E-state index contributed by atoms with van der Waals surface area (Å²) >= 11 is 1.11. The largest absolute Gasteiger partial charge is 0.857 e. The molecule has 0 saturated heterocycles. The third-order valence-corrected chi connectivity index (χ3v) is 6.95. The highest BCUT2D eigenvalue weighted by molar-refractivity contribution is 7.94. The summed E-state index contributed by atoms with van der Waals surface area (Å²) in [7, 11) is -3.73. The molecule has 138 valence electrons. The quantitative estimate of drug-likeness (QED) is 0.450. The van der Waals surface area contributed by atoms with Gasteiger partial charge in [0.05, 0.1) is 5.69 Å². The Morgan fingerprint density at radius 2 is 2.08 bits per heavy atom. The van der Waals surface area contributed by atoms with Crippen molar-refractivity contribution in [2.75, 3.05) is 4.72 Å². The van der Waals surface area contributed by atoms with Gasteiger partial charge >= 0.3 is 0 Å². The maximum atomic E-state index is 12.5. The second-order valence-corrected chi connectivity index (χ2v) is 8.96. The molecule has 0 aliphatic heterocycles. The minimum atomic E-state index is -3.73. The van der Waals surface area contributed by atoms with Crippen LogP contribution in [0.2, 0.25) is 0 Å². The molecule has 1 atom stereocenters. The van der Waals surface area contributed by atoms with Crippen LogP contribution in [0.3, 0.4) is 0 Å². The molecule has 8 heteroatoms. The highest BCUT2D eigenvalue weighted by Crippen LogP contribution is 2.24. The smallest absolute Gasteiger partial charge is 0.271 e. The highest BCUT2D eigenvalue weighted by atomic mass is 32.2. The van der Waals surface area contributed by atoms with Gasteiger partial charge in [-0.2, -0.15) is 5.10 Å². The predicted molar refractivity (Wildman–Crippen MR) is 102 cm³/mol. The van der Waals surface area contributed by atoms with Crippen molar-refractivity contribution >= 4 is 32.9 Å². The van der Waals surface area contributed by atoms with Crippen LogP contribution in [-0.4, -0.2) is 14.3 Å². The molecule has 2 aromatic rings. The Bertz CT molecular complexity index is 919. The Kier molecular flexibility index (Phi) is 5.63. The van der Waals surface area contributed by atoms with E-state index in [1.54, 1.807) is 35.7 Å². The number of allylic oxidation sites excluding steroid dienone is 2. The van der Waals surface area contributed by atoms with Crippen LogP contribution in [-0.2, 0) is 10.0 Å². The van der Waals surface area contributed by atoms with E-state index >= 15 is 0 Å². The van der Waals surface area contributed by atoms with Gasteiger partial charge in [0, 0.05) is 17.2 Å². The summed E-state index contributed by atoms with van der Waals surface area (Å²) in [5.74, 6) is -0.193. The molecule has 0 bridgehead atoms. The predicted octanol–water partition coefficient (Wildman–Crippen LogP) is 2.86. The standard InChI is InChI=1S/C18H21N3O3S2/c1-13-7-2-4-9-15(13)19-20-18(22)14-8-3-5-10-16(14)21-26(23,24)17-11-6-12-25-17/h3,5-6,8-13,19,21H,2,4,7H2,1H3,(H,20,22)/p-1/t13-/m0/s1. The van der Waals surface area contributed by atoms with Gasteiger partial charge in [0.1, 0.15) is 4.21 Å². The molecule has 1 aliphatic rings. The average molecular weight is 391 g/mol. The molecular formula is C18H20N3O3S2-. The summed E-state index contributed by atoms with van der Waals surface area (Å²) in [6.07, 6.45) is 5.21. The van der Waals surface area contributed by atoms with Crippen LogP contribution in [0.25, 0.3) is 0 Å². The van der Waals surface area contributed by atoms with Gasteiger partial charge in [-0.3, -0.25) is 10.1 Å². The average Bonchev–Trinajstić information content (AvgIpc) is 3.17. The number of para-hydroxylation sites is 1. The number of rotatable bonds is 6. The van der Waals surface area contributed by atoms with E-state index < -0.39 is 15.9 Å². The number of nitrogens with zero attached hydrogens (tertiary/aromatic N) is 1. The van der Waals surface area contributed by atoms with Gasteiger partial charge in [-0.15, -0.1) is 11.3 Å². The molecule has 2 N–H and O–H groups in total. The maximum Gasteiger partial charge on any atom is 0.271 e. The summed E-state index contributed by atoms with van der Waals surface area (Å²) < 4.78 is 27.5. The molecule has 3 rings (SSSR count). The van der Waals surface area contributed by atoms with E-state index in [2.05, 4.69) is 28.2 Å². The number of hydrogen-bond acceptors (Lipinski definition) is 6. The number of benzene rings is 1. The van der Waals surface area contributed by atoms with E-state index in [9.17, 15) is 13.5 Å². The van der Waals surface area contributed by atoms with Crippen LogP contribution in [0.5, 0.6) is 0 Å². The number of nitrogens with one attached hydrogen (secondary N) is 2. The molecule has 1 heterocycles. The van der Waals surface area contributed by atoms with Crippen LogP contribution >= 0.6 is 11.3 Å². The van der Waals surface area contributed by atoms with Crippen molar-refractivity contribution in [2.24, 2.45) is 11.0 Å². The lowest BCUT2D eigenvalue weighted by molar-refractivity contribution is -0.213. The molecule has 1 aromatic carbocycles. The molecule has 0 saturated carbocycles. The topological polar surface area (TPSA) is 93.6 Å². The Morgan fingerprint density at radius 3 is 2.81 bits per heavy atom. The molecule has 26 heavy (non-hydrogen) atoms.